The van der Waals surface area contributed by atoms with Crippen LogP contribution in [0.3, 0.4) is 0 Å². The molecular formula is C14H13FN2O3. The van der Waals surface area contributed by atoms with Crippen LogP contribution in [-0.4, -0.2) is 34.2 Å². The lowest BCUT2D eigenvalue weighted by Gasteiger charge is -2.24. The molecule has 2 heterocycles. The van der Waals surface area contributed by atoms with Crippen LogP contribution < -0.4 is 0 Å². The van der Waals surface area contributed by atoms with Crippen molar-refractivity contribution in [2.24, 2.45) is 0 Å². The summed E-state index contributed by atoms with van der Waals surface area (Å²) in [7, 11) is 0. The molecule has 0 atom stereocenters. The topological polar surface area (TPSA) is 66.6 Å². The van der Waals surface area contributed by atoms with Crippen molar-refractivity contribution in [3.05, 3.63) is 41.4 Å². The highest BCUT2D eigenvalue weighted by Gasteiger charge is 2.26. The number of aromatic nitrogens is 1. The first-order chi connectivity index (χ1) is 9.65. The van der Waals surface area contributed by atoms with E-state index >= 15 is 0 Å². The van der Waals surface area contributed by atoms with E-state index in [0.717, 1.165) is 5.56 Å². The number of hydrogen-bond acceptors (Lipinski definition) is 4. The molecule has 0 unspecified atom stereocenters. The Hall–Kier alpha value is -2.21. The molecule has 2 aromatic rings. The number of carboxylic acids is 1. The van der Waals surface area contributed by atoms with Crippen LogP contribution in [0.4, 0.5) is 4.39 Å². The number of rotatable bonds is 3. The van der Waals surface area contributed by atoms with Crippen molar-refractivity contribution < 1.29 is 18.8 Å². The van der Waals surface area contributed by atoms with Gasteiger partial charge in [0.2, 0.25) is 0 Å². The van der Waals surface area contributed by atoms with Crippen LogP contribution in [0.5, 0.6) is 0 Å². The first kappa shape index (κ1) is 12.8. The Labute approximate surface area is 114 Å². The molecule has 5 nitrogen and oxygen atoms in total. The lowest BCUT2D eigenvalue weighted by Crippen LogP contribution is -2.34. The van der Waals surface area contributed by atoms with Gasteiger partial charge in [-0.3, -0.25) is 9.69 Å². The summed E-state index contributed by atoms with van der Waals surface area (Å²) in [5.41, 5.74) is 1.63. The predicted octanol–water partition coefficient (Wildman–Crippen LogP) is 1.92. The van der Waals surface area contributed by atoms with Gasteiger partial charge in [-0.05, 0) is 12.1 Å². The SMILES string of the molecule is O=C(O)CN1CCc2onc(-c3ccccc3F)c2C1. The van der Waals surface area contributed by atoms with Gasteiger partial charge < -0.3 is 9.63 Å². The van der Waals surface area contributed by atoms with Gasteiger partial charge in [0.15, 0.2) is 0 Å². The summed E-state index contributed by atoms with van der Waals surface area (Å²) in [5, 5.41) is 12.8. The van der Waals surface area contributed by atoms with Gasteiger partial charge in [0.05, 0.1) is 6.54 Å². The number of halogens is 1. The molecule has 3 rings (SSSR count). The van der Waals surface area contributed by atoms with Gasteiger partial charge in [-0.25, -0.2) is 4.39 Å². The molecule has 0 aliphatic carbocycles. The number of carbonyl (C=O) groups is 1. The maximum Gasteiger partial charge on any atom is 0.317 e. The molecule has 0 bridgehead atoms. The first-order valence-electron chi connectivity index (χ1n) is 6.31. The van der Waals surface area contributed by atoms with Crippen molar-refractivity contribution in [1.29, 1.82) is 0 Å². The van der Waals surface area contributed by atoms with E-state index in [9.17, 15) is 9.18 Å². The minimum absolute atomic E-state index is 0.0403. The highest BCUT2D eigenvalue weighted by molar-refractivity contribution is 5.69. The van der Waals surface area contributed by atoms with Crippen molar-refractivity contribution in [2.75, 3.05) is 13.1 Å². The van der Waals surface area contributed by atoms with E-state index in [-0.39, 0.29) is 12.4 Å². The Morgan fingerprint density at radius 2 is 2.25 bits per heavy atom. The van der Waals surface area contributed by atoms with Gasteiger partial charge in [-0.15, -0.1) is 0 Å². The summed E-state index contributed by atoms with van der Waals surface area (Å²) in [6.45, 7) is 0.974. The quantitative estimate of drug-likeness (QED) is 0.927. The fourth-order valence-corrected chi connectivity index (χ4v) is 2.46. The average Bonchev–Trinajstić information content (AvgIpc) is 2.81. The van der Waals surface area contributed by atoms with Gasteiger partial charge >= 0.3 is 5.97 Å². The Balaban J connectivity index is 1.95. The number of benzene rings is 1. The van der Waals surface area contributed by atoms with Crippen LogP contribution in [0.2, 0.25) is 0 Å². The van der Waals surface area contributed by atoms with Crippen LogP contribution in [0.25, 0.3) is 11.3 Å². The van der Waals surface area contributed by atoms with Gasteiger partial charge in [0.25, 0.3) is 0 Å². The minimum Gasteiger partial charge on any atom is -0.480 e. The van der Waals surface area contributed by atoms with E-state index < -0.39 is 5.97 Å². The molecule has 1 aliphatic rings. The fourth-order valence-electron chi connectivity index (χ4n) is 2.46. The normalized spacial score (nSPS) is 15.1. The highest BCUT2D eigenvalue weighted by Crippen LogP contribution is 2.31. The summed E-state index contributed by atoms with van der Waals surface area (Å²) in [6, 6.07) is 6.36. The zero-order valence-electron chi connectivity index (χ0n) is 10.7. The molecule has 1 aromatic heterocycles. The summed E-state index contributed by atoms with van der Waals surface area (Å²) < 4.78 is 19.1. The van der Waals surface area contributed by atoms with Gasteiger partial charge in [-0.1, -0.05) is 17.3 Å². The summed E-state index contributed by atoms with van der Waals surface area (Å²) in [5.74, 6) is -0.527. The number of aliphatic carboxylic acids is 1. The third-order valence-electron chi connectivity index (χ3n) is 3.39. The number of fused-ring (bicyclic) bond motifs is 1. The largest absolute Gasteiger partial charge is 0.480 e. The monoisotopic (exact) mass is 276 g/mol. The van der Waals surface area contributed by atoms with Crippen LogP contribution in [0, 0.1) is 5.82 Å². The van der Waals surface area contributed by atoms with Crippen LogP contribution >= 0.6 is 0 Å². The van der Waals surface area contributed by atoms with Crippen LogP contribution in [0.1, 0.15) is 11.3 Å². The molecule has 6 heteroatoms. The smallest absolute Gasteiger partial charge is 0.317 e. The molecule has 104 valence electrons. The first-order valence-corrected chi connectivity index (χ1v) is 6.31. The maximum absolute atomic E-state index is 13.8. The fraction of sp³-hybridized carbons (Fsp3) is 0.286. The van der Waals surface area contributed by atoms with Gasteiger partial charge in [-0.2, -0.15) is 0 Å². The van der Waals surface area contributed by atoms with Gasteiger partial charge in [0, 0.05) is 30.6 Å². The molecule has 1 aromatic carbocycles. The maximum atomic E-state index is 13.8. The highest BCUT2D eigenvalue weighted by atomic mass is 19.1. The van der Waals surface area contributed by atoms with Crippen LogP contribution in [-0.2, 0) is 17.8 Å². The van der Waals surface area contributed by atoms with Crippen molar-refractivity contribution >= 4 is 5.97 Å². The summed E-state index contributed by atoms with van der Waals surface area (Å²) in [6.07, 6.45) is 0.587. The molecule has 0 fully saturated rings. The number of carboxylic acid groups (broad SMARTS) is 1. The Morgan fingerprint density at radius 1 is 1.45 bits per heavy atom. The second kappa shape index (κ2) is 5.05. The van der Waals surface area contributed by atoms with Crippen molar-refractivity contribution in [3.8, 4) is 11.3 Å². The standard InChI is InChI=1S/C14H13FN2O3/c15-11-4-2-1-3-9(11)14-10-7-17(8-13(18)19)6-5-12(10)20-16-14/h1-4H,5-8H2,(H,18,19). The molecule has 0 spiro atoms. The van der Waals surface area contributed by atoms with E-state index in [0.29, 0.717) is 36.5 Å². The van der Waals surface area contributed by atoms with E-state index in [4.69, 9.17) is 9.63 Å². The number of hydrogen-bond donors (Lipinski definition) is 1. The summed E-state index contributed by atoms with van der Waals surface area (Å²) in [4.78, 5) is 12.6. The third-order valence-corrected chi connectivity index (χ3v) is 3.39. The molecular weight excluding hydrogens is 263 g/mol. The molecule has 0 saturated heterocycles. The van der Waals surface area contributed by atoms with Crippen molar-refractivity contribution in [3.63, 3.8) is 0 Å². The second-order valence-corrected chi connectivity index (χ2v) is 4.77. The minimum atomic E-state index is -0.877. The van der Waals surface area contributed by atoms with E-state index in [2.05, 4.69) is 5.16 Å². The predicted molar refractivity (Wildman–Crippen MR) is 68.5 cm³/mol. The molecule has 1 aliphatic heterocycles. The number of nitrogens with zero attached hydrogens (tertiary/aromatic N) is 2. The van der Waals surface area contributed by atoms with Crippen LogP contribution in [0.15, 0.2) is 28.8 Å². The zero-order chi connectivity index (χ0) is 14.1. The molecule has 20 heavy (non-hydrogen) atoms. The third kappa shape index (κ3) is 2.30. The average molecular weight is 276 g/mol. The van der Waals surface area contributed by atoms with E-state index in [1.165, 1.54) is 6.07 Å². The summed E-state index contributed by atoms with van der Waals surface area (Å²) >= 11 is 0. The lowest BCUT2D eigenvalue weighted by atomic mass is 10.0. The van der Waals surface area contributed by atoms with Gasteiger partial charge in [0.1, 0.15) is 17.3 Å². The Kier molecular flexibility index (Phi) is 3.23. The molecule has 0 amide bonds. The van der Waals surface area contributed by atoms with E-state index in [1.807, 2.05) is 0 Å². The lowest BCUT2D eigenvalue weighted by molar-refractivity contribution is -0.138. The Bertz CT molecular complexity index is 654. The van der Waals surface area contributed by atoms with Crippen molar-refractivity contribution in [2.45, 2.75) is 13.0 Å². The molecule has 0 radical (unpaired) electrons. The van der Waals surface area contributed by atoms with E-state index in [1.54, 1.807) is 23.1 Å². The molecule has 1 N–H and O–H groups in total. The zero-order valence-corrected chi connectivity index (χ0v) is 10.7. The van der Waals surface area contributed by atoms with Crippen molar-refractivity contribution in [1.82, 2.24) is 10.1 Å². The second-order valence-electron chi connectivity index (χ2n) is 4.77. The molecule has 0 saturated carbocycles. The Morgan fingerprint density at radius 3 is 3.00 bits per heavy atom.